The number of para-hydroxylation sites is 2. The molecule has 2 aromatic heterocycles. The lowest BCUT2D eigenvalue weighted by Crippen LogP contribution is -2.38. The second kappa shape index (κ2) is 20.4. The zero-order chi connectivity index (χ0) is 44.3. The van der Waals surface area contributed by atoms with E-state index in [9.17, 15) is 9.90 Å². The van der Waals surface area contributed by atoms with Crippen molar-refractivity contribution in [3.8, 4) is 17.4 Å². The van der Waals surface area contributed by atoms with Crippen molar-refractivity contribution in [3.05, 3.63) is 163 Å². The number of aliphatic hydroxyl groups is 1. The van der Waals surface area contributed by atoms with Gasteiger partial charge < -0.3 is 38.3 Å². The first-order valence-electron chi connectivity index (χ1n) is 21.0. The summed E-state index contributed by atoms with van der Waals surface area (Å²) in [6.07, 6.45) is 0.266. The Morgan fingerprint density at radius 2 is 1.21 bits per heavy atom. The first-order chi connectivity index (χ1) is 30.7. The number of methoxy groups -OCH3 is 2. The number of nitrogens with zero attached hydrogens (tertiary/aromatic N) is 6. The van der Waals surface area contributed by atoms with E-state index in [1.807, 2.05) is 144 Å². The Morgan fingerprint density at radius 1 is 0.698 bits per heavy atom. The van der Waals surface area contributed by atoms with Crippen LogP contribution in [0.3, 0.4) is 0 Å². The number of hydrogen-bond donors (Lipinski definition) is 1. The van der Waals surface area contributed by atoms with Crippen LogP contribution in [0, 0.1) is 0 Å². The summed E-state index contributed by atoms with van der Waals surface area (Å²) >= 11 is 0. The summed E-state index contributed by atoms with van der Waals surface area (Å²) in [5, 5.41) is 10.7. The lowest BCUT2D eigenvalue weighted by molar-refractivity contribution is -0.0819. The number of carbonyl (C=O) groups excluding carboxylic acids is 1. The van der Waals surface area contributed by atoms with Gasteiger partial charge in [-0.05, 0) is 92.9 Å². The van der Waals surface area contributed by atoms with Crippen molar-refractivity contribution in [2.24, 2.45) is 0 Å². The van der Waals surface area contributed by atoms with Gasteiger partial charge in [-0.1, -0.05) is 91.0 Å². The van der Waals surface area contributed by atoms with Crippen LogP contribution in [0.25, 0.3) is 11.2 Å². The van der Waals surface area contributed by atoms with E-state index in [0.29, 0.717) is 46.5 Å². The smallest absolute Gasteiger partial charge is 0.425 e. The third kappa shape index (κ3) is 9.81. The number of benzene rings is 5. The predicted octanol–water partition coefficient (Wildman–Crippen LogP) is 9.19. The number of imidazole rings is 1. The molecule has 63 heavy (non-hydrogen) atoms. The Balaban J connectivity index is 1.17. The fourth-order valence-electron chi connectivity index (χ4n) is 7.72. The van der Waals surface area contributed by atoms with Crippen molar-refractivity contribution in [1.82, 2.24) is 19.5 Å². The minimum absolute atomic E-state index is 0.0266. The van der Waals surface area contributed by atoms with Gasteiger partial charge in [0.05, 0.1) is 51.7 Å². The van der Waals surface area contributed by atoms with Crippen LogP contribution in [0.4, 0.5) is 22.1 Å². The van der Waals surface area contributed by atoms with Crippen LogP contribution in [0.2, 0.25) is 0 Å². The second-order valence-corrected chi connectivity index (χ2v) is 15.4. The van der Waals surface area contributed by atoms with Crippen LogP contribution in [-0.4, -0.2) is 82.9 Å². The van der Waals surface area contributed by atoms with E-state index < -0.39 is 17.8 Å². The van der Waals surface area contributed by atoms with Crippen LogP contribution >= 0.6 is 0 Å². The summed E-state index contributed by atoms with van der Waals surface area (Å²) in [6.45, 7) is 8.45. The van der Waals surface area contributed by atoms with Gasteiger partial charge in [0.2, 0.25) is 5.95 Å². The summed E-state index contributed by atoms with van der Waals surface area (Å²) in [5.74, 6) is 1.84. The standard InChI is InChI=1S/C50H54N6O7/c1-35(2)55(36(3)4)48-52-46-45(47(53-48)63-49(58)56(40-18-12-8-13-19-40)41-20-14-9-15-21-41)51-34-54(46)30-31-61-44(32-57)33-62-50(37-16-10-7-11-17-37,38-22-26-42(59-5)27-23-38)39-24-28-43(60-6)29-25-39/h7-29,34-36,44,57H,30-33H2,1-6H3/t44-/m0/s1. The maximum Gasteiger partial charge on any atom is 0.425 e. The van der Waals surface area contributed by atoms with Gasteiger partial charge in [-0.25, -0.2) is 14.7 Å². The number of fused-ring (bicyclic) bond motifs is 1. The van der Waals surface area contributed by atoms with Gasteiger partial charge >= 0.3 is 6.09 Å². The first kappa shape index (κ1) is 44.3. The Morgan fingerprint density at radius 3 is 1.70 bits per heavy atom. The lowest BCUT2D eigenvalue weighted by atomic mass is 9.80. The van der Waals surface area contributed by atoms with Crippen molar-refractivity contribution in [3.63, 3.8) is 0 Å². The number of amides is 1. The maximum atomic E-state index is 14.2. The minimum Gasteiger partial charge on any atom is -0.497 e. The van der Waals surface area contributed by atoms with Gasteiger partial charge in [-0.15, -0.1) is 0 Å². The normalized spacial score (nSPS) is 12.1. The quantitative estimate of drug-likeness (QED) is 0.0781. The van der Waals surface area contributed by atoms with E-state index in [4.69, 9.17) is 33.7 Å². The van der Waals surface area contributed by atoms with Gasteiger partial charge in [0.15, 0.2) is 11.2 Å². The minimum atomic E-state index is -1.09. The highest BCUT2D eigenvalue weighted by Gasteiger charge is 2.39. The molecular weight excluding hydrogens is 797 g/mol. The van der Waals surface area contributed by atoms with E-state index in [1.54, 1.807) is 20.5 Å². The van der Waals surface area contributed by atoms with Crippen molar-refractivity contribution in [1.29, 1.82) is 0 Å². The zero-order valence-electron chi connectivity index (χ0n) is 36.5. The van der Waals surface area contributed by atoms with Crippen LogP contribution in [-0.2, 0) is 21.6 Å². The van der Waals surface area contributed by atoms with E-state index in [-0.39, 0.29) is 37.8 Å². The maximum absolute atomic E-state index is 14.2. The second-order valence-electron chi connectivity index (χ2n) is 15.4. The van der Waals surface area contributed by atoms with Crippen molar-refractivity contribution >= 4 is 34.6 Å². The highest BCUT2D eigenvalue weighted by atomic mass is 16.6. The molecule has 1 atom stereocenters. The molecule has 2 heterocycles. The number of hydrogen-bond acceptors (Lipinski definition) is 11. The fourth-order valence-corrected chi connectivity index (χ4v) is 7.72. The molecule has 0 saturated heterocycles. The lowest BCUT2D eigenvalue weighted by Gasteiger charge is -2.37. The molecule has 5 aromatic carbocycles. The number of aromatic nitrogens is 4. The summed E-state index contributed by atoms with van der Waals surface area (Å²) in [6, 6.07) is 44.2. The molecular formula is C50H54N6O7. The molecule has 0 unspecified atom stereocenters. The van der Waals surface area contributed by atoms with E-state index in [0.717, 1.165) is 16.7 Å². The van der Waals surface area contributed by atoms with E-state index in [1.165, 1.54) is 4.90 Å². The molecule has 13 nitrogen and oxygen atoms in total. The Bertz CT molecular complexity index is 2420. The largest absolute Gasteiger partial charge is 0.497 e. The molecule has 326 valence electrons. The molecule has 7 rings (SSSR count). The average Bonchev–Trinajstić information content (AvgIpc) is 3.72. The van der Waals surface area contributed by atoms with Gasteiger partial charge in [0.1, 0.15) is 23.2 Å². The van der Waals surface area contributed by atoms with Gasteiger partial charge in [-0.3, -0.25) is 0 Å². The molecule has 0 spiro atoms. The third-order valence-electron chi connectivity index (χ3n) is 10.7. The topological polar surface area (TPSA) is 134 Å². The molecule has 0 fully saturated rings. The molecule has 0 aliphatic carbocycles. The number of anilines is 3. The van der Waals surface area contributed by atoms with Gasteiger partial charge in [-0.2, -0.15) is 9.97 Å². The molecule has 13 heteroatoms. The summed E-state index contributed by atoms with van der Waals surface area (Å²) in [5.41, 5.74) is 3.56. The van der Waals surface area contributed by atoms with E-state index >= 15 is 0 Å². The monoisotopic (exact) mass is 850 g/mol. The van der Waals surface area contributed by atoms with Crippen LogP contribution < -0.4 is 24.0 Å². The SMILES string of the molecule is COc1ccc(C(OC[C@H](CO)OCCn2cnc3c(OC(=O)N(c4ccccc4)c4ccccc4)nc(N(C(C)C)C(C)C)nc32)(c2ccccc2)c2ccc(OC)cc2)cc1. The zero-order valence-corrected chi connectivity index (χ0v) is 36.5. The fraction of sp³-hybridized carbons (Fsp3) is 0.280. The van der Waals surface area contributed by atoms with Crippen molar-refractivity contribution in [2.75, 3.05) is 43.8 Å². The summed E-state index contributed by atoms with van der Waals surface area (Å²) in [7, 11) is 3.26. The molecule has 1 amide bonds. The highest BCUT2D eigenvalue weighted by Crippen LogP contribution is 2.42. The third-order valence-corrected chi connectivity index (χ3v) is 10.7. The average molecular weight is 851 g/mol. The van der Waals surface area contributed by atoms with Crippen LogP contribution in [0.1, 0.15) is 44.4 Å². The van der Waals surface area contributed by atoms with Crippen LogP contribution in [0.5, 0.6) is 17.4 Å². The van der Waals surface area contributed by atoms with Gasteiger partial charge in [0, 0.05) is 18.6 Å². The highest BCUT2D eigenvalue weighted by molar-refractivity contribution is 5.98. The number of ether oxygens (including phenoxy) is 5. The number of carbonyl (C=O) groups is 1. The molecule has 0 aliphatic heterocycles. The Hall–Kier alpha value is -6.80. The van der Waals surface area contributed by atoms with Crippen LogP contribution in [0.15, 0.2) is 146 Å². The van der Waals surface area contributed by atoms with E-state index in [2.05, 4.69) is 37.6 Å². The Kier molecular flexibility index (Phi) is 14.3. The van der Waals surface area contributed by atoms with Gasteiger partial charge in [0.25, 0.3) is 5.88 Å². The summed E-state index contributed by atoms with van der Waals surface area (Å²) < 4.78 is 32.3. The number of rotatable bonds is 19. The molecule has 1 N–H and O–H groups in total. The van der Waals surface area contributed by atoms with Crippen molar-refractivity contribution < 1.29 is 33.6 Å². The molecule has 7 aromatic rings. The molecule has 0 aliphatic rings. The summed E-state index contributed by atoms with van der Waals surface area (Å²) in [4.78, 5) is 32.2. The molecule has 0 saturated carbocycles. The molecule has 0 radical (unpaired) electrons. The predicted molar refractivity (Wildman–Crippen MR) is 244 cm³/mol. The van der Waals surface area contributed by atoms with Crippen molar-refractivity contribution in [2.45, 2.75) is 58.0 Å². The first-order valence-corrected chi connectivity index (χ1v) is 21.0. The number of aliphatic hydroxyl groups excluding tert-OH is 1. The Labute approximate surface area is 368 Å². The molecule has 0 bridgehead atoms.